The van der Waals surface area contributed by atoms with Gasteiger partial charge in [0, 0.05) is 19.2 Å². The first-order chi connectivity index (χ1) is 10.7. The number of aromatic nitrogens is 2. The Labute approximate surface area is 129 Å². The second-order valence-corrected chi connectivity index (χ2v) is 6.32. The molecule has 0 bridgehead atoms. The van der Waals surface area contributed by atoms with Crippen molar-refractivity contribution in [2.75, 3.05) is 13.2 Å². The molecule has 2 fully saturated rings. The summed E-state index contributed by atoms with van der Waals surface area (Å²) in [5.74, 6) is 3.61. The lowest BCUT2D eigenvalue weighted by Gasteiger charge is -2.39. The number of likely N-dealkylation sites (tertiary alicyclic amines) is 1. The molecule has 0 spiro atoms. The van der Waals surface area contributed by atoms with Crippen molar-refractivity contribution in [1.82, 2.24) is 15.0 Å². The molecule has 0 unspecified atom stereocenters. The number of fused-ring (bicyclic) bond motifs is 1. The van der Waals surface area contributed by atoms with Crippen LogP contribution in [0.25, 0.3) is 0 Å². The molecule has 4 heterocycles. The van der Waals surface area contributed by atoms with Crippen molar-refractivity contribution in [2.24, 2.45) is 0 Å². The van der Waals surface area contributed by atoms with Crippen molar-refractivity contribution in [3.63, 3.8) is 0 Å². The number of piperidine rings is 1. The second kappa shape index (κ2) is 5.52. The molecule has 22 heavy (non-hydrogen) atoms. The summed E-state index contributed by atoms with van der Waals surface area (Å²) in [7, 11) is 0. The Kier molecular flexibility index (Phi) is 3.50. The molecule has 0 radical (unpaired) electrons. The highest BCUT2D eigenvalue weighted by Crippen LogP contribution is 2.36. The van der Waals surface area contributed by atoms with Crippen LogP contribution in [-0.2, 0) is 11.3 Å². The zero-order chi connectivity index (χ0) is 15.1. The predicted molar refractivity (Wildman–Crippen MR) is 78.4 cm³/mol. The fourth-order valence-electron chi connectivity index (χ4n) is 3.66. The maximum Gasteiger partial charge on any atom is 0.231 e. The number of rotatable bonds is 3. The molecule has 4 rings (SSSR count). The summed E-state index contributed by atoms with van der Waals surface area (Å²) in [5.41, 5.74) is 0. The minimum Gasteiger partial charge on any atom is -0.465 e. The summed E-state index contributed by atoms with van der Waals surface area (Å²) in [6.45, 7) is 6.38. The fourth-order valence-corrected chi connectivity index (χ4v) is 3.66. The molecular formula is C16H21N3O3. The van der Waals surface area contributed by atoms with Gasteiger partial charge in [0.05, 0.1) is 18.6 Å². The third-order valence-electron chi connectivity index (χ3n) is 4.66. The molecule has 3 atom stereocenters. The van der Waals surface area contributed by atoms with Gasteiger partial charge in [-0.05, 0) is 38.8 Å². The summed E-state index contributed by atoms with van der Waals surface area (Å²) in [5, 5.41) is 3.93. The average molecular weight is 303 g/mol. The van der Waals surface area contributed by atoms with Gasteiger partial charge in [0.25, 0.3) is 0 Å². The van der Waals surface area contributed by atoms with Crippen molar-refractivity contribution in [1.29, 1.82) is 0 Å². The van der Waals surface area contributed by atoms with Crippen molar-refractivity contribution in [2.45, 2.75) is 51.3 Å². The summed E-state index contributed by atoms with van der Waals surface area (Å²) < 4.78 is 17.1. The highest BCUT2D eigenvalue weighted by Gasteiger charge is 2.42. The predicted octanol–water partition coefficient (Wildman–Crippen LogP) is 2.43. The number of hydrogen-bond donors (Lipinski definition) is 0. The lowest BCUT2D eigenvalue weighted by atomic mass is 9.90. The molecular weight excluding hydrogens is 282 g/mol. The quantitative estimate of drug-likeness (QED) is 0.867. The number of hydrogen-bond acceptors (Lipinski definition) is 6. The van der Waals surface area contributed by atoms with E-state index in [1.807, 2.05) is 19.9 Å². The van der Waals surface area contributed by atoms with Crippen LogP contribution in [0.5, 0.6) is 0 Å². The number of nitrogens with zero attached hydrogens (tertiary/aromatic N) is 3. The van der Waals surface area contributed by atoms with E-state index in [4.69, 9.17) is 13.7 Å². The Hall–Kier alpha value is -1.66. The first kappa shape index (κ1) is 14.0. The molecule has 0 aromatic carbocycles. The number of furan rings is 1. The lowest BCUT2D eigenvalue weighted by molar-refractivity contribution is 0.00597. The van der Waals surface area contributed by atoms with Gasteiger partial charge in [0.2, 0.25) is 5.89 Å². The topological polar surface area (TPSA) is 64.5 Å². The minimum atomic E-state index is 0.233. The second-order valence-electron chi connectivity index (χ2n) is 6.32. The zero-order valence-corrected chi connectivity index (χ0v) is 13.0. The molecule has 2 aliphatic heterocycles. The third kappa shape index (κ3) is 2.57. The molecule has 0 aliphatic carbocycles. The van der Waals surface area contributed by atoms with Gasteiger partial charge in [-0.25, -0.2) is 0 Å². The van der Waals surface area contributed by atoms with Crippen LogP contribution in [0.1, 0.15) is 42.0 Å². The van der Waals surface area contributed by atoms with E-state index in [0.717, 1.165) is 49.9 Å². The van der Waals surface area contributed by atoms with E-state index in [0.29, 0.717) is 11.9 Å². The molecule has 0 N–H and O–H groups in total. The SMILES string of the molecule is Cc1noc([C@H]2C[C@H]3OCC[C@H]3N(Cc3ccc(C)o3)C2)n1. The Morgan fingerprint density at radius 3 is 2.95 bits per heavy atom. The van der Waals surface area contributed by atoms with Crippen LogP contribution in [0.2, 0.25) is 0 Å². The van der Waals surface area contributed by atoms with Crippen LogP contribution in [-0.4, -0.2) is 40.3 Å². The van der Waals surface area contributed by atoms with E-state index in [1.165, 1.54) is 0 Å². The summed E-state index contributed by atoms with van der Waals surface area (Å²) in [6.07, 6.45) is 2.29. The molecule has 6 heteroatoms. The standard InChI is InChI=1S/C16H21N3O3/c1-10-3-4-13(21-10)9-19-8-12(16-17-11(2)18-22-16)7-15-14(19)5-6-20-15/h3-4,12,14-15H,5-9H2,1-2H3/t12-,14+,15+/m0/s1. The van der Waals surface area contributed by atoms with Crippen molar-refractivity contribution >= 4 is 0 Å². The highest BCUT2D eigenvalue weighted by molar-refractivity contribution is 5.08. The Balaban J connectivity index is 1.55. The first-order valence-electron chi connectivity index (χ1n) is 7.90. The zero-order valence-electron chi connectivity index (χ0n) is 13.0. The van der Waals surface area contributed by atoms with Gasteiger partial charge in [-0.1, -0.05) is 5.16 Å². The fraction of sp³-hybridized carbons (Fsp3) is 0.625. The van der Waals surface area contributed by atoms with Gasteiger partial charge >= 0.3 is 0 Å². The molecule has 2 aliphatic rings. The number of aryl methyl sites for hydroxylation is 2. The Morgan fingerprint density at radius 2 is 2.23 bits per heavy atom. The van der Waals surface area contributed by atoms with Crippen LogP contribution in [0, 0.1) is 13.8 Å². The van der Waals surface area contributed by atoms with E-state index in [-0.39, 0.29) is 12.0 Å². The van der Waals surface area contributed by atoms with Gasteiger partial charge in [-0.3, -0.25) is 4.90 Å². The lowest BCUT2D eigenvalue weighted by Crippen LogP contribution is -2.48. The molecule has 0 amide bonds. The van der Waals surface area contributed by atoms with Crippen LogP contribution in [0.4, 0.5) is 0 Å². The van der Waals surface area contributed by atoms with Crippen molar-refractivity contribution in [3.05, 3.63) is 35.4 Å². The van der Waals surface area contributed by atoms with E-state index in [2.05, 4.69) is 21.1 Å². The highest BCUT2D eigenvalue weighted by atomic mass is 16.5. The largest absolute Gasteiger partial charge is 0.465 e. The van der Waals surface area contributed by atoms with E-state index < -0.39 is 0 Å². The molecule has 6 nitrogen and oxygen atoms in total. The summed E-state index contributed by atoms with van der Waals surface area (Å²) in [4.78, 5) is 6.86. The Bertz CT molecular complexity index is 651. The average Bonchev–Trinajstić information content (AvgIpc) is 3.20. The smallest absolute Gasteiger partial charge is 0.231 e. The molecule has 2 aromatic heterocycles. The van der Waals surface area contributed by atoms with E-state index in [1.54, 1.807) is 0 Å². The minimum absolute atomic E-state index is 0.233. The maximum atomic E-state index is 5.93. The maximum absolute atomic E-state index is 5.93. The van der Waals surface area contributed by atoms with E-state index in [9.17, 15) is 0 Å². The summed E-state index contributed by atoms with van der Waals surface area (Å²) in [6, 6.07) is 4.53. The van der Waals surface area contributed by atoms with Crippen LogP contribution >= 0.6 is 0 Å². The molecule has 0 saturated carbocycles. The van der Waals surface area contributed by atoms with Crippen LogP contribution in [0.15, 0.2) is 21.1 Å². The van der Waals surface area contributed by atoms with Crippen molar-refractivity contribution < 1.29 is 13.7 Å². The Morgan fingerprint density at radius 1 is 1.32 bits per heavy atom. The monoisotopic (exact) mass is 303 g/mol. The van der Waals surface area contributed by atoms with Gasteiger partial charge in [0.15, 0.2) is 5.82 Å². The third-order valence-corrected chi connectivity index (χ3v) is 4.66. The van der Waals surface area contributed by atoms with Gasteiger partial charge in [-0.2, -0.15) is 4.98 Å². The summed E-state index contributed by atoms with van der Waals surface area (Å²) >= 11 is 0. The van der Waals surface area contributed by atoms with Crippen LogP contribution in [0.3, 0.4) is 0 Å². The normalized spacial score (nSPS) is 28.9. The van der Waals surface area contributed by atoms with Gasteiger partial charge in [0.1, 0.15) is 11.5 Å². The number of ether oxygens (including phenoxy) is 1. The van der Waals surface area contributed by atoms with Crippen molar-refractivity contribution in [3.8, 4) is 0 Å². The van der Waals surface area contributed by atoms with Gasteiger partial charge in [-0.15, -0.1) is 0 Å². The molecule has 2 aromatic rings. The van der Waals surface area contributed by atoms with E-state index >= 15 is 0 Å². The molecule has 118 valence electrons. The van der Waals surface area contributed by atoms with Crippen LogP contribution < -0.4 is 0 Å². The first-order valence-corrected chi connectivity index (χ1v) is 7.90. The molecule has 2 saturated heterocycles. The van der Waals surface area contributed by atoms with Gasteiger partial charge < -0.3 is 13.7 Å².